The zero-order valence-corrected chi connectivity index (χ0v) is 17.9. The molecule has 31 heavy (non-hydrogen) atoms. The molecule has 3 aromatic rings. The van der Waals surface area contributed by atoms with Crippen molar-refractivity contribution in [2.45, 2.75) is 20.5 Å². The topological polar surface area (TPSA) is 79.8 Å². The van der Waals surface area contributed by atoms with Gasteiger partial charge in [0.2, 0.25) is 0 Å². The summed E-state index contributed by atoms with van der Waals surface area (Å²) in [5.41, 5.74) is 6.54. The summed E-state index contributed by atoms with van der Waals surface area (Å²) in [4.78, 5) is 23.9. The summed E-state index contributed by atoms with van der Waals surface area (Å²) in [5, 5.41) is 7.03. The summed E-state index contributed by atoms with van der Waals surface area (Å²) in [6.45, 7) is 4.27. The van der Waals surface area contributed by atoms with E-state index in [1.165, 1.54) is 6.21 Å². The third-order valence-electron chi connectivity index (χ3n) is 4.58. The summed E-state index contributed by atoms with van der Waals surface area (Å²) in [5.74, 6) is -0.966. The zero-order valence-electron chi connectivity index (χ0n) is 17.2. The Morgan fingerprint density at radius 1 is 0.968 bits per heavy atom. The van der Waals surface area contributed by atoms with Crippen LogP contribution < -0.4 is 15.5 Å². The maximum absolute atomic E-state index is 12.0. The lowest BCUT2D eigenvalue weighted by Gasteiger charge is -2.08. The van der Waals surface area contributed by atoms with Crippen LogP contribution in [0.15, 0.2) is 71.8 Å². The Kier molecular flexibility index (Phi) is 7.40. The van der Waals surface area contributed by atoms with Gasteiger partial charge in [0.15, 0.2) is 0 Å². The molecule has 158 valence electrons. The molecule has 0 radical (unpaired) electrons. The number of ether oxygens (including phenoxy) is 1. The van der Waals surface area contributed by atoms with Crippen LogP contribution in [0.2, 0.25) is 5.02 Å². The van der Waals surface area contributed by atoms with E-state index in [1.54, 1.807) is 36.4 Å². The van der Waals surface area contributed by atoms with E-state index in [1.807, 2.05) is 44.2 Å². The van der Waals surface area contributed by atoms with Crippen LogP contribution in [-0.4, -0.2) is 18.0 Å². The highest BCUT2D eigenvalue weighted by molar-refractivity contribution is 6.39. The lowest BCUT2D eigenvalue weighted by molar-refractivity contribution is -0.136. The monoisotopic (exact) mass is 435 g/mol. The summed E-state index contributed by atoms with van der Waals surface area (Å²) < 4.78 is 5.72. The number of nitrogens with zero attached hydrogens (tertiary/aromatic N) is 1. The van der Waals surface area contributed by atoms with Gasteiger partial charge in [-0.05, 0) is 73.0 Å². The third-order valence-corrected chi connectivity index (χ3v) is 4.95. The van der Waals surface area contributed by atoms with Crippen molar-refractivity contribution in [1.29, 1.82) is 0 Å². The van der Waals surface area contributed by atoms with Gasteiger partial charge in [-0.15, -0.1) is 0 Å². The fourth-order valence-corrected chi connectivity index (χ4v) is 2.84. The minimum Gasteiger partial charge on any atom is -0.489 e. The van der Waals surface area contributed by atoms with Crippen molar-refractivity contribution in [2.75, 3.05) is 5.32 Å². The van der Waals surface area contributed by atoms with Gasteiger partial charge in [-0.2, -0.15) is 5.10 Å². The first-order valence-electron chi connectivity index (χ1n) is 9.60. The molecule has 0 aliphatic rings. The van der Waals surface area contributed by atoms with Gasteiger partial charge in [0.1, 0.15) is 12.4 Å². The molecule has 2 amide bonds. The van der Waals surface area contributed by atoms with Crippen molar-refractivity contribution in [3.63, 3.8) is 0 Å². The normalized spacial score (nSPS) is 10.7. The van der Waals surface area contributed by atoms with Crippen LogP contribution in [0, 0.1) is 13.8 Å². The van der Waals surface area contributed by atoms with Gasteiger partial charge in [0.05, 0.1) is 6.21 Å². The van der Waals surface area contributed by atoms with E-state index in [4.69, 9.17) is 16.3 Å². The molecule has 0 saturated carbocycles. The third kappa shape index (κ3) is 6.42. The number of hydrogen-bond acceptors (Lipinski definition) is 4. The molecule has 0 heterocycles. The van der Waals surface area contributed by atoms with Crippen LogP contribution >= 0.6 is 11.6 Å². The van der Waals surface area contributed by atoms with Crippen molar-refractivity contribution in [2.24, 2.45) is 5.10 Å². The minimum atomic E-state index is -0.853. The highest BCUT2D eigenvalue weighted by Crippen LogP contribution is 2.18. The number of rotatable bonds is 6. The summed E-state index contributed by atoms with van der Waals surface area (Å²) in [7, 11) is 0. The standard InChI is InChI=1S/C24H22ClN3O3/c1-16-7-10-20(13-17(16)2)27-23(29)24(30)28-26-14-18-8-11-21(12-9-18)31-15-19-5-3-4-6-22(19)25/h3-14H,15H2,1-2H3,(H,27,29)(H,28,30)/b26-14+. The fourth-order valence-electron chi connectivity index (χ4n) is 2.65. The van der Waals surface area contributed by atoms with Crippen LogP contribution in [0.25, 0.3) is 0 Å². The molecule has 0 aromatic heterocycles. The number of hydrazone groups is 1. The SMILES string of the molecule is Cc1ccc(NC(=O)C(=O)N/N=C/c2ccc(OCc3ccccc3Cl)cc2)cc1C. The Labute approximate surface area is 185 Å². The van der Waals surface area contributed by atoms with Gasteiger partial charge in [0, 0.05) is 16.3 Å². The molecule has 0 bridgehead atoms. The van der Waals surface area contributed by atoms with E-state index in [-0.39, 0.29) is 0 Å². The van der Waals surface area contributed by atoms with Gasteiger partial charge in [-0.1, -0.05) is 35.9 Å². The molecular formula is C24H22ClN3O3. The summed E-state index contributed by atoms with van der Waals surface area (Å²) in [6.07, 6.45) is 1.44. The number of anilines is 1. The van der Waals surface area contributed by atoms with Crippen molar-refractivity contribution < 1.29 is 14.3 Å². The van der Waals surface area contributed by atoms with Crippen LogP contribution in [0.3, 0.4) is 0 Å². The molecule has 0 fully saturated rings. The number of benzene rings is 3. The van der Waals surface area contributed by atoms with E-state index in [0.29, 0.717) is 23.1 Å². The molecule has 0 unspecified atom stereocenters. The van der Waals surface area contributed by atoms with Gasteiger partial charge in [0.25, 0.3) is 0 Å². The number of aryl methyl sites for hydroxylation is 2. The summed E-state index contributed by atoms with van der Waals surface area (Å²) in [6, 6.07) is 20.1. The number of nitrogens with one attached hydrogen (secondary N) is 2. The first-order valence-corrected chi connectivity index (χ1v) is 9.98. The Hall–Kier alpha value is -3.64. The maximum Gasteiger partial charge on any atom is 0.329 e. The van der Waals surface area contributed by atoms with E-state index in [0.717, 1.165) is 22.3 Å². The van der Waals surface area contributed by atoms with Gasteiger partial charge >= 0.3 is 11.8 Å². The molecule has 0 atom stereocenters. The van der Waals surface area contributed by atoms with Gasteiger partial charge in [-0.25, -0.2) is 5.43 Å². The maximum atomic E-state index is 12.0. The Balaban J connectivity index is 1.48. The van der Waals surface area contributed by atoms with Gasteiger partial charge < -0.3 is 10.1 Å². The lowest BCUT2D eigenvalue weighted by atomic mass is 10.1. The molecule has 3 rings (SSSR count). The quantitative estimate of drug-likeness (QED) is 0.336. The molecule has 3 aromatic carbocycles. The van der Waals surface area contributed by atoms with E-state index >= 15 is 0 Å². The number of carbonyl (C=O) groups excluding carboxylic acids is 2. The van der Waals surface area contributed by atoms with Gasteiger partial charge in [-0.3, -0.25) is 9.59 Å². The fraction of sp³-hybridized carbons (Fsp3) is 0.125. The molecule has 0 aliphatic heterocycles. The number of carbonyl (C=O) groups is 2. The Morgan fingerprint density at radius 3 is 2.42 bits per heavy atom. The first-order chi connectivity index (χ1) is 14.9. The highest BCUT2D eigenvalue weighted by Gasteiger charge is 2.13. The van der Waals surface area contributed by atoms with E-state index in [9.17, 15) is 9.59 Å². The molecule has 7 heteroatoms. The largest absolute Gasteiger partial charge is 0.489 e. The highest BCUT2D eigenvalue weighted by atomic mass is 35.5. The van der Waals surface area contributed by atoms with Crippen molar-refractivity contribution >= 4 is 35.3 Å². The average molecular weight is 436 g/mol. The molecule has 0 aliphatic carbocycles. The second kappa shape index (κ2) is 10.4. The smallest absolute Gasteiger partial charge is 0.329 e. The van der Waals surface area contributed by atoms with Crippen molar-refractivity contribution in [3.05, 3.63) is 94.0 Å². The Morgan fingerprint density at radius 2 is 1.71 bits per heavy atom. The van der Waals surface area contributed by atoms with Crippen LogP contribution in [0.1, 0.15) is 22.3 Å². The number of halogens is 1. The predicted octanol–water partition coefficient (Wildman–Crippen LogP) is 4.62. The van der Waals surface area contributed by atoms with Crippen molar-refractivity contribution in [3.8, 4) is 5.75 Å². The Bertz CT molecular complexity index is 1110. The van der Waals surface area contributed by atoms with Crippen LogP contribution in [0.5, 0.6) is 5.75 Å². The molecule has 6 nitrogen and oxygen atoms in total. The number of hydrogen-bond donors (Lipinski definition) is 2. The average Bonchev–Trinajstić information content (AvgIpc) is 2.76. The van der Waals surface area contributed by atoms with E-state index in [2.05, 4.69) is 15.8 Å². The molecule has 0 saturated heterocycles. The van der Waals surface area contributed by atoms with Crippen molar-refractivity contribution in [1.82, 2.24) is 5.43 Å². The molecular weight excluding hydrogens is 414 g/mol. The second-order valence-corrected chi connectivity index (χ2v) is 7.31. The molecule has 0 spiro atoms. The van der Waals surface area contributed by atoms with Crippen LogP contribution in [0.4, 0.5) is 5.69 Å². The predicted molar refractivity (Wildman–Crippen MR) is 123 cm³/mol. The molecule has 2 N–H and O–H groups in total. The minimum absolute atomic E-state index is 0.360. The first kappa shape index (κ1) is 22.1. The van der Waals surface area contributed by atoms with E-state index < -0.39 is 11.8 Å². The lowest BCUT2D eigenvalue weighted by Crippen LogP contribution is -2.32. The summed E-state index contributed by atoms with van der Waals surface area (Å²) >= 11 is 6.12. The second-order valence-electron chi connectivity index (χ2n) is 6.90. The zero-order chi connectivity index (χ0) is 22.2. The van der Waals surface area contributed by atoms with Crippen LogP contribution in [-0.2, 0) is 16.2 Å². The number of amides is 2.